The third-order valence-electron chi connectivity index (χ3n) is 3.37. The summed E-state index contributed by atoms with van der Waals surface area (Å²) < 4.78 is 5.70. The van der Waals surface area contributed by atoms with Crippen molar-refractivity contribution in [2.75, 3.05) is 0 Å². The van der Waals surface area contributed by atoms with Crippen molar-refractivity contribution in [1.29, 1.82) is 0 Å². The fraction of sp³-hybridized carbons (Fsp3) is 0.278. The summed E-state index contributed by atoms with van der Waals surface area (Å²) in [7, 11) is 0. The molecule has 0 aliphatic heterocycles. The van der Waals surface area contributed by atoms with Gasteiger partial charge in [-0.2, -0.15) is 0 Å². The van der Waals surface area contributed by atoms with E-state index in [1.807, 2.05) is 51.1 Å². The van der Waals surface area contributed by atoms with Gasteiger partial charge in [-0.1, -0.05) is 51.1 Å². The number of phenols is 1. The Bertz CT molecular complexity index is 669. The van der Waals surface area contributed by atoms with Gasteiger partial charge >= 0.3 is 5.97 Å². The monoisotopic (exact) mass is 300 g/mol. The Hall–Kier alpha value is -2.49. The molecule has 0 aliphatic carbocycles. The zero-order valence-electron chi connectivity index (χ0n) is 13.0. The van der Waals surface area contributed by atoms with Gasteiger partial charge in [0.05, 0.1) is 0 Å². The average Bonchev–Trinajstić information content (AvgIpc) is 2.45. The summed E-state index contributed by atoms with van der Waals surface area (Å²) in [5.41, 5.74) is 1.01. The third-order valence-corrected chi connectivity index (χ3v) is 3.37. The van der Waals surface area contributed by atoms with Crippen molar-refractivity contribution >= 4 is 5.97 Å². The molecule has 116 valence electrons. The molecule has 0 saturated carbocycles. The van der Waals surface area contributed by atoms with Gasteiger partial charge < -0.3 is 14.9 Å². The highest BCUT2D eigenvalue weighted by molar-refractivity contribution is 5.92. The number of hydrogen-bond donors (Lipinski definition) is 2. The maximum Gasteiger partial charge on any atom is 0.339 e. The standard InChI is InChI=1S/C18H20O4/c1-18(2,3)15-10-13(9-14(16(15)19)17(20)21)22-11-12-7-5-4-6-8-12/h4-10,19H,11H2,1-3H3,(H,20,21). The van der Waals surface area contributed by atoms with E-state index >= 15 is 0 Å². The van der Waals surface area contributed by atoms with E-state index in [4.69, 9.17) is 4.74 Å². The molecule has 2 N–H and O–H groups in total. The second-order valence-electron chi connectivity index (χ2n) is 6.20. The molecule has 0 unspecified atom stereocenters. The van der Waals surface area contributed by atoms with Crippen molar-refractivity contribution in [3.8, 4) is 11.5 Å². The molecule has 0 amide bonds. The average molecular weight is 300 g/mol. The molecule has 0 fully saturated rings. The Morgan fingerprint density at radius 1 is 1.14 bits per heavy atom. The van der Waals surface area contributed by atoms with Crippen LogP contribution < -0.4 is 4.74 Å². The van der Waals surface area contributed by atoms with Crippen molar-refractivity contribution in [2.24, 2.45) is 0 Å². The summed E-state index contributed by atoms with van der Waals surface area (Å²) in [5.74, 6) is -0.941. The SMILES string of the molecule is CC(C)(C)c1cc(OCc2ccccc2)cc(C(=O)O)c1O. The fourth-order valence-corrected chi connectivity index (χ4v) is 2.17. The summed E-state index contributed by atoms with van der Waals surface area (Å²) in [6.45, 7) is 6.08. The predicted octanol–water partition coefficient (Wildman–Crippen LogP) is 3.97. The van der Waals surface area contributed by atoms with E-state index in [9.17, 15) is 15.0 Å². The van der Waals surface area contributed by atoms with E-state index < -0.39 is 5.97 Å². The summed E-state index contributed by atoms with van der Waals surface area (Å²) >= 11 is 0. The minimum absolute atomic E-state index is 0.143. The number of hydrogen-bond acceptors (Lipinski definition) is 3. The van der Waals surface area contributed by atoms with Crippen LogP contribution in [0, 0.1) is 0 Å². The molecule has 2 rings (SSSR count). The zero-order valence-corrected chi connectivity index (χ0v) is 13.0. The van der Waals surface area contributed by atoms with Crippen LogP contribution in [0.15, 0.2) is 42.5 Å². The van der Waals surface area contributed by atoms with Gasteiger partial charge in [0.25, 0.3) is 0 Å². The highest BCUT2D eigenvalue weighted by Crippen LogP contribution is 2.37. The lowest BCUT2D eigenvalue weighted by Gasteiger charge is -2.22. The lowest BCUT2D eigenvalue weighted by atomic mass is 9.85. The summed E-state index contributed by atoms with van der Waals surface area (Å²) in [6, 6.07) is 12.7. The minimum Gasteiger partial charge on any atom is -0.507 e. The molecular weight excluding hydrogens is 280 g/mol. The van der Waals surface area contributed by atoms with Crippen molar-refractivity contribution in [3.05, 3.63) is 59.2 Å². The molecule has 0 aromatic heterocycles. The number of carbonyl (C=O) groups is 1. The molecule has 0 saturated heterocycles. The number of carboxylic acid groups (broad SMARTS) is 1. The lowest BCUT2D eigenvalue weighted by molar-refractivity contribution is 0.0692. The van der Waals surface area contributed by atoms with Crippen LogP contribution in [-0.2, 0) is 12.0 Å². The molecule has 4 nitrogen and oxygen atoms in total. The van der Waals surface area contributed by atoms with Crippen LogP contribution in [0.1, 0.15) is 42.3 Å². The van der Waals surface area contributed by atoms with Gasteiger partial charge in [0.15, 0.2) is 0 Å². The van der Waals surface area contributed by atoms with E-state index in [0.29, 0.717) is 17.9 Å². The van der Waals surface area contributed by atoms with Crippen molar-refractivity contribution in [3.63, 3.8) is 0 Å². The van der Waals surface area contributed by atoms with E-state index in [2.05, 4.69) is 0 Å². The van der Waals surface area contributed by atoms with Crippen molar-refractivity contribution in [1.82, 2.24) is 0 Å². The first-order valence-electron chi connectivity index (χ1n) is 7.06. The van der Waals surface area contributed by atoms with Gasteiger partial charge in [0.1, 0.15) is 23.7 Å². The van der Waals surface area contributed by atoms with Crippen LogP contribution in [0.2, 0.25) is 0 Å². The second-order valence-corrected chi connectivity index (χ2v) is 6.20. The number of carboxylic acids is 1. The lowest BCUT2D eigenvalue weighted by Crippen LogP contribution is -2.14. The smallest absolute Gasteiger partial charge is 0.339 e. The first-order valence-corrected chi connectivity index (χ1v) is 7.06. The van der Waals surface area contributed by atoms with Gasteiger partial charge in [-0.3, -0.25) is 0 Å². The van der Waals surface area contributed by atoms with Crippen molar-refractivity contribution in [2.45, 2.75) is 32.8 Å². The molecule has 0 bridgehead atoms. The first-order chi connectivity index (χ1) is 10.3. The zero-order chi connectivity index (χ0) is 16.3. The Kier molecular flexibility index (Phi) is 4.40. The normalized spacial score (nSPS) is 11.2. The van der Waals surface area contributed by atoms with E-state index in [1.165, 1.54) is 6.07 Å². The quantitative estimate of drug-likeness (QED) is 0.896. The molecule has 0 heterocycles. The third kappa shape index (κ3) is 3.58. The van der Waals surface area contributed by atoms with Crippen LogP contribution in [0.4, 0.5) is 0 Å². The number of aromatic hydroxyl groups is 1. The summed E-state index contributed by atoms with van der Waals surface area (Å²) in [6.07, 6.45) is 0. The van der Waals surface area contributed by atoms with Gasteiger partial charge in [0, 0.05) is 5.56 Å². The Morgan fingerprint density at radius 3 is 2.32 bits per heavy atom. The summed E-state index contributed by atoms with van der Waals surface area (Å²) in [4.78, 5) is 11.3. The maximum absolute atomic E-state index is 11.3. The molecule has 0 atom stereocenters. The van der Waals surface area contributed by atoms with Crippen LogP contribution in [0.3, 0.4) is 0 Å². The molecule has 2 aromatic carbocycles. The van der Waals surface area contributed by atoms with Gasteiger partial charge in [-0.05, 0) is 23.1 Å². The first kappa shape index (κ1) is 15.9. The molecular formula is C18H20O4. The number of rotatable bonds is 4. The van der Waals surface area contributed by atoms with Crippen LogP contribution >= 0.6 is 0 Å². The largest absolute Gasteiger partial charge is 0.507 e. The number of ether oxygens (including phenoxy) is 1. The topological polar surface area (TPSA) is 66.8 Å². The van der Waals surface area contributed by atoms with Crippen LogP contribution in [0.5, 0.6) is 11.5 Å². The Balaban J connectivity index is 2.35. The molecule has 0 aliphatic rings. The van der Waals surface area contributed by atoms with E-state index in [1.54, 1.807) is 6.07 Å². The maximum atomic E-state index is 11.3. The highest BCUT2D eigenvalue weighted by atomic mass is 16.5. The molecule has 4 heteroatoms. The number of aromatic carboxylic acids is 1. The molecule has 22 heavy (non-hydrogen) atoms. The van der Waals surface area contributed by atoms with Gasteiger partial charge in [-0.25, -0.2) is 4.79 Å². The molecule has 0 spiro atoms. The van der Waals surface area contributed by atoms with Crippen molar-refractivity contribution < 1.29 is 19.7 Å². The predicted molar refractivity (Wildman–Crippen MR) is 84.5 cm³/mol. The van der Waals surface area contributed by atoms with E-state index in [-0.39, 0.29) is 16.7 Å². The van der Waals surface area contributed by atoms with E-state index in [0.717, 1.165) is 5.56 Å². The molecule has 0 radical (unpaired) electrons. The van der Waals surface area contributed by atoms with Gasteiger partial charge in [0.2, 0.25) is 0 Å². The van der Waals surface area contributed by atoms with Gasteiger partial charge in [-0.15, -0.1) is 0 Å². The Morgan fingerprint density at radius 2 is 1.77 bits per heavy atom. The number of benzene rings is 2. The minimum atomic E-state index is -1.17. The Labute approximate surface area is 130 Å². The summed E-state index contributed by atoms with van der Waals surface area (Å²) in [5, 5.41) is 19.4. The molecule has 2 aromatic rings. The second kappa shape index (κ2) is 6.10. The fourth-order valence-electron chi connectivity index (χ4n) is 2.17. The van der Waals surface area contributed by atoms with Crippen LogP contribution in [-0.4, -0.2) is 16.2 Å². The highest BCUT2D eigenvalue weighted by Gasteiger charge is 2.24. The van der Waals surface area contributed by atoms with Crippen LogP contribution in [0.25, 0.3) is 0 Å².